The summed E-state index contributed by atoms with van der Waals surface area (Å²) in [5.74, 6) is -2.52. The molecule has 108 valence electrons. The van der Waals surface area contributed by atoms with E-state index in [-0.39, 0.29) is 16.8 Å². The third-order valence-corrected chi connectivity index (χ3v) is 2.58. The Hall–Kier alpha value is -2.57. The lowest BCUT2D eigenvalue weighted by Gasteiger charge is -2.17. The van der Waals surface area contributed by atoms with Crippen molar-refractivity contribution in [3.05, 3.63) is 29.3 Å². The molecule has 0 aliphatic heterocycles. The normalized spacial score (nSPS) is 9.90. The van der Waals surface area contributed by atoms with E-state index in [1.807, 2.05) is 6.92 Å². The van der Waals surface area contributed by atoms with Crippen LogP contribution in [0.15, 0.2) is 18.2 Å². The Labute approximate surface area is 115 Å². The molecule has 0 aromatic heterocycles. The summed E-state index contributed by atoms with van der Waals surface area (Å²) in [5.41, 5.74) is -0.257. The van der Waals surface area contributed by atoms with Crippen molar-refractivity contribution in [1.29, 1.82) is 0 Å². The van der Waals surface area contributed by atoms with Crippen LogP contribution >= 0.6 is 0 Å². The van der Waals surface area contributed by atoms with Crippen molar-refractivity contribution in [2.45, 2.75) is 13.3 Å². The van der Waals surface area contributed by atoms with Crippen molar-refractivity contribution in [2.24, 2.45) is 0 Å². The predicted molar refractivity (Wildman–Crippen MR) is 72.3 cm³/mol. The van der Waals surface area contributed by atoms with Crippen LogP contribution in [0.4, 0.5) is 10.5 Å². The number of carbonyl (C=O) groups excluding carboxylic acids is 1. The van der Waals surface area contributed by atoms with Gasteiger partial charge in [-0.05, 0) is 24.6 Å². The number of carbonyl (C=O) groups is 3. The summed E-state index contributed by atoms with van der Waals surface area (Å²) in [5, 5.41) is 20.3. The van der Waals surface area contributed by atoms with E-state index >= 15 is 0 Å². The highest BCUT2D eigenvalue weighted by Crippen LogP contribution is 2.16. The van der Waals surface area contributed by atoms with Crippen LogP contribution in [0.2, 0.25) is 0 Å². The van der Waals surface area contributed by atoms with Crippen LogP contribution in [-0.4, -0.2) is 46.7 Å². The average molecular weight is 280 g/mol. The van der Waals surface area contributed by atoms with Crippen molar-refractivity contribution in [3.8, 4) is 0 Å². The van der Waals surface area contributed by atoms with E-state index in [1.54, 1.807) is 7.05 Å². The van der Waals surface area contributed by atoms with Gasteiger partial charge in [0, 0.05) is 19.3 Å². The summed E-state index contributed by atoms with van der Waals surface area (Å²) in [7, 11) is 1.60. The average Bonchev–Trinajstić information content (AvgIpc) is 2.38. The summed E-state index contributed by atoms with van der Waals surface area (Å²) in [6.07, 6.45) is 0.777. The quantitative estimate of drug-likeness (QED) is 0.764. The SMILES string of the molecule is CCCN(C)C(=O)Nc1cc(C(=O)O)cc(C(=O)O)c1. The Bertz CT molecular complexity index is 509. The lowest BCUT2D eigenvalue weighted by Crippen LogP contribution is -2.32. The van der Waals surface area contributed by atoms with E-state index in [2.05, 4.69) is 5.32 Å². The molecule has 3 N–H and O–H groups in total. The predicted octanol–water partition coefficient (Wildman–Crippen LogP) is 1.96. The summed E-state index contributed by atoms with van der Waals surface area (Å²) >= 11 is 0. The molecule has 1 aromatic rings. The molecular formula is C13H16N2O5. The molecule has 7 nitrogen and oxygen atoms in total. The van der Waals surface area contributed by atoms with E-state index < -0.39 is 18.0 Å². The van der Waals surface area contributed by atoms with Gasteiger partial charge in [-0.3, -0.25) is 0 Å². The zero-order valence-corrected chi connectivity index (χ0v) is 11.2. The molecule has 0 radical (unpaired) electrons. The van der Waals surface area contributed by atoms with Gasteiger partial charge in [0.25, 0.3) is 0 Å². The summed E-state index contributed by atoms with van der Waals surface area (Å²) < 4.78 is 0. The number of aromatic carboxylic acids is 2. The molecule has 2 amide bonds. The molecule has 0 spiro atoms. The first-order valence-electron chi connectivity index (χ1n) is 5.99. The molecule has 7 heteroatoms. The third-order valence-electron chi connectivity index (χ3n) is 2.58. The van der Waals surface area contributed by atoms with Crippen LogP contribution in [0.5, 0.6) is 0 Å². The number of amides is 2. The van der Waals surface area contributed by atoms with Gasteiger partial charge in [0.2, 0.25) is 0 Å². The van der Waals surface area contributed by atoms with Gasteiger partial charge in [0.1, 0.15) is 0 Å². The highest BCUT2D eigenvalue weighted by molar-refractivity contribution is 5.98. The largest absolute Gasteiger partial charge is 0.478 e. The Morgan fingerprint density at radius 3 is 2.00 bits per heavy atom. The number of urea groups is 1. The molecule has 0 saturated carbocycles. The van der Waals surface area contributed by atoms with Crippen LogP contribution in [0, 0.1) is 0 Å². The highest BCUT2D eigenvalue weighted by Gasteiger charge is 2.14. The molecule has 0 aliphatic carbocycles. The maximum atomic E-state index is 11.8. The van der Waals surface area contributed by atoms with Crippen LogP contribution < -0.4 is 5.32 Å². The van der Waals surface area contributed by atoms with Gasteiger partial charge in [-0.25, -0.2) is 14.4 Å². The van der Waals surface area contributed by atoms with E-state index in [0.717, 1.165) is 12.5 Å². The lowest BCUT2D eigenvalue weighted by molar-refractivity contribution is 0.0696. The van der Waals surface area contributed by atoms with Gasteiger partial charge in [0.05, 0.1) is 11.1 Å². The van der Waals surface area contributed by atoms with E-state index in [9.17, 15) is 14.4 Å². The summed E-state index contributed by atoms with van der Waals surface area (Å²) in [6, 6.07) is 3.04. The molecular weight excluding hydrogens is 264 g/mol. The van der Waals surface area contributed by atoms with Gasteiger partial charge in [-0.2, -0.15) is 0 Å². The second-order valence-corrected chi connectivity index (χ2v) is 4.26. The van der Waals surface area contributed by atoms with Gasteiger partial charge in [-0.15, -0.1) is 0 Å². The molecule has 1 rings (SSSR count). The van der Waals surface area contributed by atoms with Gasteiger partial charge >= 0.3 is 18.0 Å². The maximum Gasteiger partial charge on any atom is 0.335 e. The Morgan fingerprint density at radius 1 is 1.10 bits per heavy atom. The standard InChI is InChI=1S/C13H16N2O5/c1-3-4-15(2)13(20)14-10-6-8(11(16)17)5-9(7-10)12(18)19/h5-7H,3-4H2,1-2H3,(H,14,20)(H,16,17)(H,18,19). The van der Waals surface area contributed by atoms with E-state index in [4.69, 9.17) is 10.2 Å². The van der Waals surface area contributed by atoms with E-state index in [1.165, 1.54) is 17.0 Å². The topological polar surface area (TPSA) is 107 Å². The molecule has 0 atom stereocenters. The Kier molecular flexibility index (Phi) is 5.08. The molecule has 0 saturated heterocycles. The van der Waals surface area contributed by atoms with Crippen molar-refractivity contribution in [2.75, 3.05) is 18.9 Å². The first-order valence-corrected chi connectivity index (χ1v) is 5.99. The van der Waals surface area contributed by atoms with Crippen molar-refractivity contribution >= 4 is 23.7 Å². The molecule has 1 aromatic carbocycles. The zero-order chi connectivity index (χ0) is 15.3. The van der Waals surface area contributed by atoms with Gasteiger partial charge in [0.15, 0.2) is 0 Å². The number of nitrogens with zero attached hydrogens (tertiary/aromatic N) is 1. The number of benzene rings is 1. The van der Waals surface area contributed by atoms with Crippen LogP contribution in [0.1, 0.15) is 34.1 Å². The number of hydrogen-bond acceptors (Lipinski definition) is 3. The van der Waals surface area contributed by atoms with Crippen LogP contribution in [0.25, 0.3) is 0 Å². The lowest BCUT2D eigenvalue weighted by atomic mass is 10.1. The monoisotopic (exact) mass is 280 g/mol. The van der Waals surface area contributed by atoms with Crippen LogP contribution in [0.3, 0.4) is 0 Å². The highest BCUT2D eigenvalue weighted by atomic mass is 16.4. The molecule has 0 bridgehead atoms. The number of hydrogen-bond donors (Lipinski definition) is 3. The molecule has 0 heterocycles. The minimum absolute atomic E-state index is 0.134. The zero-order valence-electron chi connectivity index (χ0n) is 11.2. The minimum atomic E-state index is -1.26. The first-order chi connectivity index (χ1) is 9.35. The van der Waals surface area contributed by atoms with E-state index in [0.29, 0.717) is 6.54 Å². The number of carboxylic acids is 2. The number of carboxylic acid groups (broad SMARTS) is 2. The van der Waals surface area contributed by atoms with Crippen molar-refractivity contribution in [3.63, 3.8) is 0 Å². The fourth-order valence-electron chi connectivity index (χ4n) is 1.60. The molecule has 0 fully saturated rings. The second-order valence-electron chi connectivity index (χ2n) is 4.26. The third kappa shape index (κ3) is 3.98. The second kappa shape index (κ2) is 6.55. The smallest absolute Gasteiger partial charge is 0.335 e. The first kappa shape index (κ1) is 15.5. The molecule has 0 aliphatic rings. The fraction of sp³-hybridized carbons (Fsp3) is 0.308. The van der Waals surface area contributed by atoms with Crippen molar-refractivity contribution in [1.82, 2.24) is 4.90 Å². The fourth-order valence-corrected chi connectivity index (χ4v) is 1.60. The number of nitrogens with one attached hydrogen (secondary N) is 1. The Morgan fingerprint density at radius 2 is 1.60 bits per heavy atom. The Balaban J connectivity index is 3.02. The number of rotatable bonds is 5. The van der Waals surface area contributed by atoms with Gasteiger partial charge in [-0.1, -0.05) is 6.92 Å². The number of anilines is 1. The summed E-state index contributed by atoms with van der Waals surface area (Å²) in [4.78, 5) is 35.1. The summed E-state index contributed by atoms with van der Waals surface area (Å²) in [6.45, 7) is 2.45. The van der Waals surface area contributed by atoms with Crippen LogP contribution in [-0.2, 0) is 0 Å². The van der Waals surface area contributed by atoms with Gasteiger partial charge < -0.3 is 20.4 Å². The molecule has 20 heavy (non-hydrogen) atoms. The maximum absolute atomic E-state index is 11.8. The van der Waals surface area contributed by atoms with Crippen molar-refractivity contribution < 1.29 is 24.6 Å². The minimum Gasteiger partial charge on any atom is -0.478 e. The molecule has 0 unspecified atom stereocenters.